The predicted octanol–water partition coefficient (Wildman–Crippen LogP) is 1.81. The lowest BCUT2D eigenvalue weighted by molar-refractivity contribution is 0.376. The van der Waals surface area contributed by atoms with Crippen molar-refractivity contribution in [2.75, 3.05) is 25.1 Å². The van der Waals surface area contributed by atoms with Crippen LogP contribution in [0.3, 0.4) is 0 Å². The fraction of sp³-hybridized carbons (Fsp3) is 0.571. The lowest BCUT2D eigenvalue weighted by Crippen LogP contribution is -2.31. The van der Waals surface area contributed by atoms with Gasteiger partial charge in [-0.1, -0.05) is 30.3 Å². The average Bonchev–Trinajstić information content (AvgIpc) is 2.38. The van der Waals surface area contributed by atoms with Crippen LogP contribution < -0.4 is 5.32 Å². The Balaban J connectivity index is 2.12. The Kier molecular flexibility index (Phi) is 4.40. The first-order valence-corrected chi connectivity index (χ1v) is 8.34. The zero-order valence-corrected chi connectivity index (χ0v) is 11.6. The molecular formula is C14H21NO2S. The average molecular weight is 267 g/mol. The van der Waals surface area contributed by atoms with Gasteiger partial charge in [-0.25, -0.2) is 8.42 Å². The standard InChI is InChI=1S/C14H21NO2S/c1-15-11-14(12-5-3-2-4-6-12)13-7-9-18(16,17)10-8-13/h2-6,13-15H,7-11H2,1H3. The van der Waals surface area contributed by atoms with E-state index in [0.717, 1.165) is 19.4 Å². The molecule has 3 nitrogen and oxygen atoms in total. The lowest BCUT2D eigenvalue weighted by atomic mass is 9.82. The quantitative estimate of drug-likeness (QED) is 0.905. The third-order valence-corrected chi connectivity index (χ3v) is 5.54. The van der Waals surface area contributed by atoms with Crippen LogP contribution in [-0.2, 0) is 9.84 Å². The van der Waals surface area contributed by atoms with Crippen LogP contribution in [-0.4, -0.2) is 33.5 Å². The molecule has 0 radical (unpaired) electrons. The Bertz CT molecular complexity index is 456. The third-order valence-electron chi connectivity index (χ3n) is 3.82. The molecule has 1 aliphatic heterocycles. The molecule has 1 heterocycles. The Morgan fingerprint density at radius 2 is 1.83 bits per heavy atom. The van der Waals surface area contributed by atoms with Crippen LogP contribution >= 0.6 is 0 Å². The van der Waals surface area contributed by atoms with Gasteiger partial charge in [0.15, 0.2) is 0 Å². The van der Waals surface area contributed by atoms with Crippen LogP contribution in [0, 0.1) is 5.92 Å². The van der Waals surface area contributed by atoms with Crippen molar-refractivity contribution in [2.45, 2.75) is 18.8 Å². The van der Waals surface area contributed by atoms with E-state index in [4.69, 9.17) is 0 Å². The van der Waals surface area contributed by atoms with Crippen LogP contribution in [0.4, 0.5) is 0 Å². The van der Waals surface area contributed by atoms with E-state index >= 15 is 0 Å². The van der Waals surface area contributed by atoms with Gasteiger partial charge in [0.2, 0.25) is 0 Å². The normalized spacial score (nSPS) is 21.6. The summed E-state index contributed by atoms with van der Waals surface area (Å²) in [6.07, 6.45) is 1.59. The molecule has 1 aliphatic rings. The van der Waals surface area contributed by atoms with E-state index in [0.29, 0.717) is 23.3 Å². The first-order valence-electron chi connectivity index (χ1n) is 6.52. The molecule has 1 aromatic rings. The molecule has 0 aliphatic carbocycles. The molecule has 0 bridgehead atoms. The highest BCUT2D eigenvalue weighted by Gasteiger charge is 2.29. The van der Waals surface area contributed by atoms with Crippen LogP contribution in [0.1, 0.15) is 24.3 Å². The summed E-state index contributed by atoms with van der Waals surface area (Å²) in [5.74, 6) is 1.60. The number of benzene rings is 1. The number of hydrogen-bond acceptors (Lipinski definition) is 3. The summed E-state index contributed by atoms with van der Waals surface area (Å²) >= 11 is 0. The van der Waals surface area contributed by atoms with E-state index in [1.807, 2.05) is 13.1 Å². The number of sulfone groups is 1. The summed E-state index contributed by atoms with van der Waals surface area (Å²) in [4.78, 5) is 0. The monoisotopic (exact) mass is 267 g/mol. The minimum absolute atomic E-state index is 0.352. The van der Waals surface area contributed by atoms with Gasteiger partial charge in [-0.15, -0.1) is 0 Å². The van der Waals surface area contributed by atoms with E-state index < -0.39 is 9.84 Å². The van der Waals surface area contributed by atoms with Crippen LogP contribution in [0.15, 0.2) is 30.3 Å². The minimum atomic E-state index is -2.77. The molecule has 4 heteroatoms. The molecule has 2 rings (SSSR count). The minimum Gasteiger partial charge on any atom is -0.319 e. The summed E-state index contributed by atoms with van der Waals surface area (Å²) in [5.41, 5.74) is 1.32. The number of rotatable bonds is 4. The second kappa shape index (κ2) is 5.85. The molecule has 1 aromatic carbocycles. The molecule has 0 saturated carbocycles. The number of likely N-dealkylation sites (N-methyl/N-ethyl adjacent to an activating group) is 1. The van der Waals surface area contributed by atoms with Gasteiger partial charge in [0.1, 0.15) is 9.84 Å². The molecule has 1 N–H and O–H groups in total. The Hall–Kier alpha value is -0.870. The van der Waals surface area contributed by atoms with Gasteiger partial charge in [0.05, 0.1) is 11.5 Å². The van der Waals surface area contributed by atoms with Crippen molar-refractivity contribution < 1.29 is 8.42 Å². The molecule has 0 spiro atoms. The fourth-order valence-electron chi connectivity index (χ4n) is 2.79. The summed E-state index contributed by atoms with van der Waals surface area (Å²) in [6.45, 7) is 0.911. The smallest absolute Gasteiger partial charge is 0.150 e. The van der Waals surface area contributed by atoms with Crippen molar-refractivity contribution in [1.29, 1.82) is 0 Å². The molecule has 0 aromatic heterocycles. The summed E-state index contributed by atoms with van der Waals surface area (Å²) in [7, 11) is -0.813. The number of nitrogens with one attached hydrogen (secondary N) is 1. The molecule has 1 saturated heterocycles. The van der Waals surface area contributed by atoms with E-state index in [1.54, 1.807) is 0 Å². The Morgan fingerprint density at radius 3 is 2.39 bits per heavy atom. The first kappa shape index (κ1) is 13.6. The second-order valence-corrected chi connectivity index (χ2v) is 7.37. The largest absolute Gasteiger partial charge is 0.319 e. The molecule has 1 atom stereocenters. The van der Waals surface area contributed by atoms with Crippen molar-refractivity contribution >= 4 is 9.84 Å². The van der Waals surface area contributed by atoms with Gasteiger partial charge < -0.3 is 5.32 Å². The van der Waals surface area contributed by atoms with Gasteiger partial charge in [0.25, 0.3) is 0 Å². The van der Waals surface area contributed by atoms with Gasteiger partial charge in [0, 0.05) is 6.54 Å². The van der Waals surface area contributed by atoms with Crippen molar-refractivity contribution in [1.82, 2.24) is 5.32 Å². The van der Waals surface area contributed by atoms with E-state index in [2.05, 4.69) is 29.6 Å². The Morgan fingerprint density at radius 1 is 1.22 bits per heavy atom. The van der Waals surface area contributed by atoms with Gasteiger partial charge >= 0.3 is 0 Å². The Labute approximate surface area is 110 Å². The fourth-order valence-corrected chi connectivity index (χ4v) is 4.32. The highest BCUT2D eigenvalue weighted by molar-refractivity contribution is 7.91. The van der Waals surface area contributed by atoms with Crippen molar-refractivity contribution in [3.05, 3.63) is 35.9 Å². The molecule has 18 heavy (non-hydrogen) atoms. The lowest BCUT2D eigenvalue weighted by Gasteiger charge is -2.30. The van der Waals surface area contributed by atoms with Crippen molar-refractivity contribution in [3.8, 4) is 0 Å². The zero-order valence-electron chi connectivity index (χ0n) is 10.8. The predicted molar refractivity (Wildman–Crippen MR) is 74.5 cm³/mol. The topological polar surface area (TPSA) is 46.2 Å². The molecule has 100 valence electrons. The summed E-state index contributed by atoms with van der Waals surface area (Å²) in [6, 6.07) is 10.4. The first-order chi connectivity index (χ1) is 8.62. The third kappa shape index (κ3) is 3.33. The van der Waals surface area contributed by atoms with Crippen molar-refractivity contribution in [2.24, 2.45) is 5.92 Å². The molecule has 1 unspecified atom stereocenters. The van der Waals surface area contributed by atoms with E-state index in [-0.39, 0.29) is 0 Å². The number of hydrogen-bond donors (Lipinski definition) is 1. The summed E-state index contributed by atoms with van der Waals surface area (Å²) in [5, 5.41) is 3.23. The van der Waals surface area contributed by atoms with E-state index in [9.17, 15) is 8.42 Å². The van der Waals surface area contributed by atoms with Crippen LogP contribution in [0.25, 0.3) is 0 Å². The van der Waals surface area contributed by atoms with Gasteiger partial charge in [-0.05, 0) is 37.3 Å². The van der Waals surface area contributed by atoms with Crippen molar-refractivity contribution in [3.63, 3.8) is 0 Å². The van der Waals surface area contributed by atoms with Crippen LogP contribution in [0.5, 0.6) is 0 Å². The SMILES string of the molecule is CNCC(c1ccccc1)C1CCS(=O)(=O)CC1. The van der Waals surface area contributed by atoms with E-state index in [1.165, 1.54) is 5.56 Å². The van der Waals surface area contributed by atoms with Gasteiger partial charge in [-0.2, -0.15) is 0 Å². The maximum atomic E-state index is 11.5. The summed E-state index contributed by atoms with van der Waals surface area (Å²) < 4.78 is 23.0. The highest BCUT2D eigenvalue weighted by Crippen LogP contribution is 2.32. The highest BCUT2D eigenvalue weighted by atomic mass is 32.2. The van der Waals surface area contributed by atoms with Crippen LogP contribution in [0.2, 0.25) is 0 Å². The zero-order chi connectivity index (χ0) is 13.0. The maximum absolute atomic E-state index is 11.5. The van der Waals surface area contributed by atoms with Gasteiger partial charge in [-0.3, -0.25) is 0 Å². The molecule has 0 amide bonds. The molecular weight excluding hydrogens is 246 g/mol. The maximum Gasteiger partial charge on any atom is 0.150 e. The molecule has 1 fully saturated rings. The second-order valence-electron chi connectivity index (χ2n) is 5.06.